The molecule has 1 heterocycles. The largest absolute Gasteiger partial charge is 0.369 e. The number of aromatic nitrogens is 2. The maximum atomic E-state index is 6.76. The van der Waals surface area contributed by atoms with Gasteiger partial charge in [0.05, 0.1) is 0 Å². The van der Waals surface area contributed by atoms with E-state index in [1.807, 2.05) is 0 Å². The molecule has 5 nitrogen and oxygen atoms in total. The van der Waals surface area contributed by atoms with Crippen LogP contribution in [0.4, 0.5) is 0 Å². The normalized spacial score (nSPS) is 8.89. The molecular weight excluding hydrogens is 118 g/mol. The summed E-state index contributed by atoms with van der Waals surface area (Å²) in [6, 6.07) is 1.61. The van der Waals surface area contributed by atoms with Gasteiger partial charge in [0.1, 0.15) is 6.20 Å². The van der Waals surface area contributed by atoms with Gasteiger partial charge in [-0.25, -0.2) is 5.43 Å². The fourth-order valence-corrected chi connectivity index (χ4v) is 0.418. The number of guanidine groups is 1. The molecule has 0 aromatic carbocycles. The molecule has 0 amide bonds. The zero-order valence-electron chi connectivity index (χ0n) is 4.63. The average Bonchev–Trinajstić information content (AvgIpc) is 2.15. The summed E-state index contributed by atoms with van der Waals surface area (Å²) in [5, 5.41) is 10.4. The van der Waals surface area contributed by atoms with Crippen molar-refractivity contribution in [1.82, 2.24) is 9.89 Å². The van der Waals surface area contributed by atoms with Crippen LogP contribution in [-0.2, 0) is 0 Å². The summed E-state index contributed by atoms with van der Waals surface area (Å²) in [7, 11) is 0. The smallest absolute Gasteiger partial charge is 0.206 e. The Morgan fingerprint density at radius 2 is 2.67 bits per heavy atom. The van der Waals surface area contributed by atoms with Crippen LogP contribution in [0.1, 0.15) is 0 Å². The predicted molar refractivity (Wildman–Crippen MR) is 32.3 cm³/mol. The van der Waals surface area contributed by atoms with E-state index in [2.05, 4.69) is 16.7 Å². The molecule has 4 N–H and O–H groups in total. The van der Waals surface area contributed by atoms with E-state index in [0.717, 1.165) is 0 Å². The van der Waals surface area contributed by atoms with E-state index < -0.39 is 0 Å². The first-order valence-corrected chi connectivity index (χ1v) is 2.32. The summed E-state index contributed by atoms with van der Waals surface area (Å²) in [5.74, 6) is -0.146. The standard InChI is InChI=1S/C4H6N5/c5-4(6)8-9-3-1-2-7-9/h1,3H,(H4,5,6,8). The van der Waals surface area contributed by atoms with Crippen LogP contribution in [0.25, 0.3) is 0 Å². The third-order valence-corrected chi connectivity index (χ3v) is 0.691. The molecule has 0 saturated heterocycles. The Morgan fingerprint density at radius 3 is 3.11 bits per heavy atom. The molecule has 1 rings (SSSR count). The van der Waals surface area contributed by atoms with Crippen LogP contribution >= 0.6 is 0 Å². The minimum absolute atomic E-state index is 0.146. The van der Waals surface area contributed by atoms with E-state index in [0.29, 0.717) is 0 Å². The van der Waals surface area contributed by atoms with E-state index in [1.54, 1.807) is 12.3 Å². The van der Waals surface area contributed by atoms with Gasteiger partial charge in [0, 0.05) is 6.20 Å². The molecule has 9 heavy (non-hydrogen) atoms. The molecule has 0 fully saturated rings. The highest BCUT2D eigenvalue weighted by Gasteiger charge is 1.86. The molecule has 0 atom stereocenters. The lowest BCUT2D eigenvalue weighted by Gasteiger charge is -1.99. The van der Waals surface area contributed by atoms with Gasteiger partial charge in [-0.15, -0.1) is 0 Å². The number of nitrogens with two attached hydrogens (primary N) is 1. The molecule has 47 valence electrons. The van der Waals surface area contributed by atoms with E-state index in [9.17, 15) is 0 Å². The molecule has 1 aromatic rings. The monoisotopic (exact) mass is 124 g/mol. The maximum absolute atomic E-state index is 6.76. The van der Waals surface area contributed by atoms with E-state index in [1.165, 1.54) is 4.79 Å². The van der Waals surface area contributed by atoms with Crippen LogP contribution in [0.5, 0.6) is 0 Å². The van der Waals surface area contributed by atoms with Crippen molar-refractivity contribution in [3.8, 4) is 0 Å². The highest BCUT2D eigenvalue weighted by molar-refractivity contribution is 5.81. The molecule has 0 aliphatic carbocycles. The Hall–Kier alpha value is -1.52. The quantitative estimate of drug-likeness (QED) is 0.336. The molecule has 1 aromatic heterocycles. The molecule has 0 unspecified atom stereocenters. The Labute approximate surface area is 51.9 Å². The van der Waals surface area contributed by atoms with Crippen molar-refractivity contribution in [3.05, 3.63) is 18.5 Å². The molecule has 0 aliphatic heterocycles. The highest BCUT2D eigenvalue weighted by Crippen LogP contribution is 1.74. The molecule has 0 aliphatic rings. The molecular formula is C4H6N5. The fourth-order valence-electron chi connectivity index (χ4n) is 0.418. The zero-order valence-corrected chi connectivity index (χ0v) is 4.63. The number of nitrogens with one attached hydrogen (secondary N) is 2. The first kappa shape index (κ1) is 5.61. The summed E-state index contributed by atoms with van der Waals surface area (Å²) in [4.78, 5) is 1.29. The van der Waals surface area contributed by atoms with Crippen molar-refractivity contribution in [2.75, 3.05) is 5.43 Å². The number of rotatable bonds is 1. The topological polar surface area (TPSA) is 79.7 Å². The second-order valence-corrected chi connectivity index (χ2v) is 1.41. The first-order valence-electron chi connectivity index (χ1n) is 2.32. The lowest BCUT2D eigenvalue weighted by atomic mass is 10.8. The summed E-state index contributed by atoms with van der Waals surface area (Å²) in [6.07, 6.45) is 4.13. The minimum atomic E-state index is -0.146. The second kappa shape index (κ2) is 2.17. The van der Waals surface area contributed by atoms with E-state index >= 15 is 0 Å². The molecule has 0 bridgehead atoms. The third-order valence-electron chi connectivity index (χ3n) is 0.691. The lowest BCUT2D eigenvalue weighted by molar-refractivity contribution is 0.807. The van der Waals surface area contributed by atoms with Gasteiger partial charge < -0.3 is 5.73 Å². The van der Waals surface area contributed by atoms with Gasteiger partial charge in [-0.05, 0) is 6.07 Å². The van der Waals surface area contributed by atoms with Crippen LogP contribution in [0, 0.1) is 11.6 Å². The summed E-state index contributed by atoms with van der Waals surface area (Å²) >= 11 is 0. The zero-order chi connectivity index (χ0) is 6.69. The Balaban J connectivity index is 2.58. The van der Waals surface area contributed by atoms with Gasteiger partial charge in [0.25, 0.3) is 0 Å². The Bertz CT molecular complexity index is 189. The summed E-state index contributed by atoms with van der Waals surface area (Å²) < 4.78 is 0. The Morgan fingerprint density at radius 1 is 1.89 bits per heavy atom. The number of hydrogen-bond acceptors (Lipinski definition) is 2. The van der Waals surface area contributed by atoms with Gasteiger partial charge in [0.15, 0.2) is 0 Å². The van der Waals surface area contributed by atoms with Crippen molar-refractivity contribution < 1.29 is 0 Å². The van der Waals surface area contributed by atoms with Crippen LogP contribution in [-0.4, -0.2) is 15.8 Å². The van der Waals surface area contributed by atoms with E-state index in [-0.39, 0.29) is 5.96 Å². The van der Waals surface area contributed by atoms with Crippen molar-refractivity contribution in [1.29, 1.82) is 5.41 Å². The van der Waals surface area contributed by atoms with Gasteiger partial charge >= 0.3 is 0 Å². The van der Waals surface area contributed by atoms with Crippen molar-refractivity contribution in [3.63, 3.8) is 0 Å². The molecule has 0 spiro atoms. The van der Waals surface area contributed by atoms with Crippen molar-refractivity contribution in [2.24, 2.45) is 5.73 Å². The SMILES string of the molecule is N=C(N)Nn1cc[c]n1. The maximum Gasteiger partial charge on any atom is 0.206 e. The van der Waals surface area contributed by atoms with Crippen LogP contribution in [0.2, 0.25) is 0 Å². The van der Waals surface area contributed by atoms with Gasteiger partial charge in [0.2, 0.25) is 5.96 Å². The predicted octanol–water partition coefficient (Wildman–Crippen LogP) is -0.880. The summed E-state index contributed by atoms with van der Waals surface area (Å²) in [6.45, 7) is 0. The van der Waals surface area contributed by atoms with Crippen LogP contribution < -0.4 is 11.2 Å². The number of hydrogen-bond donors (Lipinski definition) is 3. The van der Waals surface area contributed by atoms with Crippen molar-refractivity contribution >= 4 is 5.96 Å². The Kier molecular flexibility index (Phi) is 1.35. The van der Waals surface area contributed by atoms with Crippen molar-refractivity contribution in [2.45, 2.75) is 0 Å². The third kappa shape index (κ3) is 1.45. The van der Waals surface area contributed by atoms with Gasteiger partial charge in [-0.2, -0.15) is 9.89 Å². The summed E-state index contributed by atoms with van der Waals surface area (Å²) in [5.41, 5.74) is 7.40. The minimum Gasteiger partial charge on any atom is -0.369 e. The molecule has 0 saturated carbocycles. The molecule has 5 heteroatoms. The first-order chi connectivity index (χ1) is 4.29. The van der Waals surface area contributed by atoms with Gasteiger partial charge in [-0.3, -0.25) is 5.41 Å². The second-order valence-electron chi connectivity index (χ2n) is 1.41. The number of nitrogens with zero attached hydrogens (tertiary/aromatic N) is 2. The van der Waals surface area contributed by atoms with Crippen LogP contribution in [0.15, 0.2) is 12.3 Å². The van der Waals surface area contributed by atoms with Gasteiger partial charge in [-0.1, -0.05) is 0 Å². The fraction of sp³-hybridized carbons (Fsp3) is 0. The van der Waals surface area contributed by atoms with E-state index in [4.69, 9.17) is 11.1 Å². The lowest BCUT2D eigenvalue weighted by Crippen LogP contribution is -2.29. The average molecular weight is 124 g/mol. The molecule has 1 radical (unpaired) electrons. The highest BCUT2D eigenvalue weighted by atomic mass is 15.6. The van der Waals surface area contributed by atoms with Crippen LogP contribution in [0.3, 0.4) is 0 Å².